The van der Waals surface area contributed by atoms with Crippen LogP contribution >= 0.6 is 0 Å². The Labute approximate surface area is 119 Å². The third-order valence-electron chi connectivity index (χ3n) is 2.71. The van der Waals surface area contributed by atoms with Gasteiger partial charge in [0.1, 0.15) is 11.5 Å². The second kappa shape index (κ2) is 6.75. The zero-order valence-electron chi connectivity index (χ0n) is 11.8. The number of anilines is 1. The minimum atomic E-state index is 0.0386. The molecule has 0 aliphatic rings. The van der Waals surface area contributed by atoms with Gasteiger partial charge in [-0.1, -0.05) is 32.0 Å². The lowest BCUT2D eigenvalue weighted by Crippen LogP contribution is -2.13. The van der Waals surface area contributed by atoms with E-state index in [0.717, 1.165) is 17.2 Å². The fourth-order valence-corrected chi connectivity index (χ4v) is 1.81. The average molecular weight is 269 g/mol. The molecule has 1 N–H and O–H groups in total. The van der Waals surface area contributed by atoms with E-state index in [-0.39, 0.29) is 5.91 Å². The van der Waals surface area contributed by atoms with Gasteiger partial charge in [-0.15, -0.1) is 0 Å². The second-order valence-corrected chi connectivity index (χ2v) is 5.09. The number of nitrogens with one attached hydrogen (secondary N) is 1. The van der Waals surface area contributed by atoms with E-state index in [2.05, 4.69) is 5.32 Å². The SMILES string of the molecule is CC(C)CC(=O)Nc1ccc(Oc2ccccc2)cc1. The molecule has 0 unspecified atom stereocenters. The van der Waals surface area contributed by atoms with Crippen LogP contribution < -0.4 is 10.1 Å². The fraction of sp³-hybridized carbons (Fsp3) is 0.235. The summed E-state index contributed by atoms with van der Waals surface area (Å²) < 4.78 is 5.69. The van der Waals surface area contributed by atoms with Crippen molar-refractivity contribution in [2.45, 2.75) is 20.3 Å². The molecule has 104 valence electrons. The third-order valence-corrected chi connectivity index (χ3v) is 2.71. The molecule has 2 rings (SSSR count). The van der Waals surface area contributed by atoms with Gasteiger partial charge in [-0.05, 0) is 42.3 Å². The van der Waals surface area contributed by atoms with Crippen molar-refractivity contribution in [2.75, 3.05) is 5.32 Å². The van der Waals surface area contributed by atoms with E-state index in [0.29, 0.717) is 12.3 Å². The highest BCUT2D eigenvalue weighted by molar-refractivity contribution is 5.90. The molecule has 0 aliphatic heterocycles. The zero-order valence-corrected chi connectivity index (χ0v) is 11.8. The molecular formula is C17H19NO2. The fourth-order valence-electron chi connectivity index (χ4n) is 1.81. The van der Waals surface area contributed by atoms with Crippen LogP contribution in [0.5, 0.6) is 11.5 Å². The molecule has 20 heavy (non-hydrogen) atoms. The van der Waals surface area contributed by atoms with Gasteiger partial charge in [0.15, 0.2) is 0 Å². The van der Waals surface area contributed by atoms with Crippen molar-refractivity contribution in [3.63, 3.8) is 0 Å². The summed E-state index contributed by atoms with van der Waals surface area (Å²) in [5, 5.41) is 2.87. The summed E-state index contributed by atoms with van der Waals surface area (Å²) in [6, 6.07) is 17.0. The number of amides is 1. The first-order chi connectivity index (χ1) is 9.63. The van der Waals surface area contributed by atoms with Crippen LogP contribution in [-0.4, -0.2) is 5.91 Å². The van der Waals surface area contributed by atoms with Crippen molar-refractivity contribution in [3.05, 3.63) is 54.6 Å². The molecule has 3 heteroatoms. The van der Waals surface area contributed by atoms with Crippen molar-refractivity contribution in [1.82, 2.24) is 0 Å². The Kier molecular flexibility index (Phi) is 4.77. The summed E-state index contributed by atoms with van der Waals surface area (Å²) in [5.41, 5.74) is 0.788. The number of hydrogen-bond acceptors (Lipinski definition) is 2. The second-order valence-electron chi connectivity index (χ2n) is 5.09. The molecule has 0 heterocycles. The van der Waals surface area contributed by atoms with Crippen molar-refractivity contribution >= 4 is 11.6 Å². The van der Waals surface area contributed by atoms with Gasteiger partial charge < -0.3 is 10.1 Å². The maximum Gasteiger partial charge on any atom is 0.224 e. The molecule has 0 saturated carbocycles. The predicted molar refractivity (Wildman–Crippen MR) is 81.0 cm³/mol. The lowest BCUT2D eigenvalue weighted by atomic mass is 10.1. The Morgan fingerprint density at radius 2 is 1.60 bits per heavy atom. The molecule has 0 saturated heterocycles. The van der Waals surface area contributed by atoms with Gasteiger partial charge in [-0.25, -0.2) is 0 Å². The molecule has 2 aromatic carbocycles. The van der Waals surface area contributed by atoms with E-state index < -0.39 is 0 Å². The van der Waals surface area contributed by atoms with Crippen LogP contribution in [0.2, 0.25) is 0 Å². The molecule has 1 amide bonds. The molecule has 2 aromatic rings. The molecule has 0 aliphatic carbocycles. The normalized spacial score (nSPS) is 10.3. The van der Waals surface area contributed by atoms with Crippen molar-refractivity contribution in [2.24, 2.45) is 5.92 Å². The highest BCUT2D eigenvalue weighted by atomic mass is 16.5. The predicted octanol–water partition coefficient (Wildman–Crippen LogP) is 4.46. The van der Waals surface area contributed by atoms with Gasteiger partial charge in [0.2, 0.25) is 5.91 Å². The smallest absolute Gasteiger partial charge is 0.224 e. The maximum atomic E-state index is 11.7. The standard InChI is InChI=1S/C17H19NO2/c1-13(2)12-17(19)18-14-8-10-16(11-9-14)20-15-6-4-3-5-7-15/h3-11,13H,12H2,1-2H3,(H,18,19). The Bertz CT molecular complexity index is 547. The maximum absolute atomic E-state index is 11.7. The van der Waals surface area contributed by atoms with Gasteiger partial charge in [0, 0.05) is 12.1 Å². The van der Waals surface area contributed by atoms with Gasteiger partial charge in [0.05, 0.1) is 0 Å². The molecule has 0 aromatic heterocycles. The average Bonchev–Trinajstić information content (AvgIpc) is 2.41. The van der Waals surface area contributed by atoms with E-state index in [1.807, 2.05) is 68.4 Å². The molecular weight excluding hydrogens is 250 g/mol. The first-order valence-corrected chi connectivity index (χ1v) is 6.76. The van der Waals surface area contributed by atoms with Crippen LogP contribution in [0.3, 0.4) is 0 Å². The molecule has 3 nitrogen and oxygen atoms in total. The largest absolute Gasteiger partial charge is 0.457 e. The zero-order chi connectivity index (χ0) is 14.4. The molecule has 0 fully saturated rings. The topological polar surface area (TPSA) is 38.3 Å². The summed E-state index contributed by atoms with van der Waals surface area (Å²) in [6.07, 6.45) is 0.530. The van der Waals surface area contributed by atoms with E-state index in [9.17, 15) is 4.79 Å². The van der Waals surface area contributed by atoms with Gasteiger partial charge >= 0.3 is 0 Å². The molecule has 0 spiro atoms. The Hall–Kier alpha value is -2.29. The first kappa shape index (κ1) is 14.1. The Balaban J connectivity index is 1.94. The van der Waals surface area contributed by atoms with Gasteiger partial charge in [0.25, 0.3) is 0 Å². The number of para-hydroxylation sites is 1. The first-order valence-electron chi connectivity index (χ1n) is 6.76. The van der Waals surface area contributed by atoms with E-state index >= 15 is 0 Å². The number of rotatable bonds is 5. The Morgan fingerprint density at radius 3 is 2.20 bits per heavy atom. The number of hydrogen-bond donors (Lipinski definition) is 1. The highest BCUT2D eigenvalue weighted by Gasteiger charge is 2.05. The van der Waals surface area contributed by atoms with Crippen LogP contribution in [0.25, 0.3) is 0 Å². The van der Waals surface area contributed by atoms with Gasteiger partial charge in [-0.2, -0.15) is 0 Å². The summed E-state index contributed by atoms with van der Waals surface area (Å²) >= 11 is 0. The van der Waals surface area contributed by atoms with Crippen LogP contribution in [0, 0.1) is 5.92 Å². The number of carbonyl (C=O) groups is 1. The van der Waals surface area contributed by atoms with Crippen molar-refractivity contribution < 1.29 is 9.53 Å². The minimum Gasteiger partial charge on any atom is -0.457 e. The lowest BCUT2D eigenvalue weighted by Gasteiger charge is -2.09. The van der Waals surface area contributed by atoms with Crippen LogP contribution in [0.1, 0.15) is 20.3 Å². The highest BCUT2D eigenvalue weighted by Crippen LogP contribution is 2.22. The van der Waals surface area contributed by atoms with E-state index in [1.54, 1.807) is 0 Å². The number of ether oxygens (including phenoxy) is 1. The van der Waals surface area contributed by atoms with E-state index in [1.165, 1.54) is 0 Å². The van der Waals surface area contributed by atoms with E-state index in [4.69, 9.17) is 4.74 Å². The molecule has 0 atom stereocenters. The summed E-state index contributed by atoms with van der Waals surface area (Å²) in [4.78, 5) is 11.7. The summed E-state index contributed by atoms with van der Waals surface area (Å²) in [6.45, 7) is 4.05. The lowest BCUT2D eigenvalue weighted by molar-refractivity contribution is -0.116. The molecule has 0 radical (unpaired) electrons. The number of carbonyl (C=O) groups excluding carboxylic acids is 1. The number of benzene rings is 2. The van der Waals surface area contributed by atoms with Crippen molar-refractivity contribution in [1.29, 1.82) is 0 Å². The minimum absolute atomic E-state index is 0.0386. The monoisotopic (exact) mass is 269 g/mol. The quantitative estimate of drug-likeness (QED) is 0.870. The van der Waals surface area contributed by atoms with Crippen LogP contribution in [0.4, 0.5) is 5.69 Å². The van der Waals surface area contributed by atoms with Gasteiger partial charge in [-0.3, -0.25) is 4.79 Å². The summed E-state index contributed by atoms with van der Waals surface area (Å²) in [5.74, 6) is 1.94. The van der Waals surface area contributed by atoms with Crippen LogP contribution in [-0.2, 0) is 4.79 Å². The van der Waals surface area contributed by atoms with Crippen molar-refractivity contribution in [3.8, 4) is 11.5 Å². The summed E-state index contributed by atoms with van der Waals surface area (Å²) in [7, 11) is 0. The molecule has 0 bridgehead atoms. The Morgan fingerprint density at radius 1 is 1.00 bits per heavy atom. The third kappa shape index (κ3) is 4.43. The van der Waals surface area contributed by atoms with Crippen LogP contribution in [0.15, 0.2) is 54.6 Å².